The smallest absolute Gasteiger partial charge is 0.306 e. The van der Waals surface area contributed by atoms with Crippen molar-refractivity contribution in [1.29, 1.82) is 0 Å². The van der Waals surface area contributed by atoms with E-state index in [1.165, 1.54) is 0 Å². The molecular formula is C40H43BrN2O6. The van der Waals surface area contributed by atoms with Crippen LogP contribution in [0.4, 0.5) is 0 Å². The van der Waals surface area contributed by atoms with E-state index in [1.807, 2.05) is 93.6 Å². The van der Waals surface area contributed by atoms with Crippen LogP contribution >= 0.6 is 15.9 Å². The van der Waals surface area contributed by atoms with Gasteiger partial charge in [-0.1, -0.05) is 94.8 Å². The lowest BCUT2D eigenvalue weighted by Crippen LogP contribution is -2.49. The first kappa shape index (κ1) is 35.8. The molecule has 9 heteroatoms. The van der Waals surface area contributed by atoms with Gasteiger partial charge >= 0.3 is 5.97 Å². The molecule has 256 valence electrons. The molecule has 4 aromatic rings. The Morgan fingerprint density at radius 3 is 2.12 bits per heavy atom. The maximum Gasteiger partial charge on any atom is 0.306 e. The van der Waals surface area contributed by atoms with E-state index in [2.05, 4.69) is 45.5 Å². The van der Waals surface area contributed by atoms with E-state index in [4.69, 9.17) is 24.3 Å². The second kappa shape index (κ2) is 16.3. The van der Waals surface area contributed by atoms with Crippen molar-refractivity contribution in [3.05, 3.63) is 136 Å². The molecule has 1 aliphatic rings. The number of nitrogens with zero attached hydrogens (tertiary/aromatic N) is 1. The molecule has 0 saturated carbocycles. The molecule has 1 heterocycles. The number of esters is 1. The van der Waals surface area contributed by atoms with Crippen LogP contribution in [0, 0.1) is 0 Å². The molecule has 0 aliphatic carbocycles. The molecule has 1 amide bonds. The molecule has 2 N–H and O–H groups in total. The van der Waals surface area contributed by atoms with Gasteiger partial charge in [0, 0.05) is 47.5 Å². The number of nitrogens with one attached hydrogen (secondary N) is 1. The van der Waals surface area contributed by atoms with Crippen LogP contribution in [-0.2, 0) is 19.1 Å². The Hall–Kier alpha value is -4.47. The van der Waals surface area contributed by atoms with Crippen molar-refractivity contribution in [2.45, 2.75) is 63.2 Å². The fraction of sp³-hybridized carbons (Fsp3) is 0.325. The highest BCUT2D eigenvalue weighted by atomic mass is 79.9. The zero-order valence-electron chi connectivity index (χ0n) is 28.1. The fourth-order valence-corrected chi connectivity index (χ4v) is 6.36. The summed E-state index contributed by atoms with van der Waals surface area (Å²) in [7, 11) is 0. The van der Waals surface area contributed by atoms with Gasteiger partial charge in [-0.25, -0.2) is 4.99 Å². The molecule has 0 fully saturated rings. The van der Waals surface area contributed by atoms with Crippen molar-refractivity contribution in [3.8, 4) is 5.75 Å². The maximum atomic E-state index is 14.8. The lowest BCUT2D eigenvalue weighted by atomic mass is 9.83. The lowest BCUT2D eigenvalue weighted by Gasteiger charge is -2.32. The average molecular weight is 728 g/mol. The highest BCUT2D eigenvalue weighted by Gasteiger charge is 2.54. The maximum absolute atomic E-state index is 14.8. The largest absolute Gasteiger partial charge is 0.494 e. The second-order valence-electron chi connectivity index (χ2n) is 13.0. The van der Waals surface area contributed by atoms with Gasteiger partial charge in [0.1, 0.15) is 11.4 Å². The molecular weight excluding hydrogens is 684 g/mol. The van der Waals surface area contributed by atoms with Crippen molar-refractivity contribution in [2.75, 3.05) is 19.8 Å². The quantitative estimate of drug-likeness (QED) is 0.103. The number of aliphatic imine (C=N–C) groups is 1. The molecule has 0 aromatic heterocycles. The highest BCUT2D eigenvalue weighted by Crippen LogP contribution is 2.45. The van der Waals surface area contributed by atoms with Crippen LogP contribution in [0.5, 0.6) is 5.75 Å². The normalized spacial score (nSPS) is 17.3. The summed E-state index contributed by atoms with van der Waals surface area (Å²) in [4.78, 5) is 33.0. The van der Waals surface area contributed by atoms with Gasteiger partial charge in [-0.05, 0) is 68.7 Å². The summed E-state index contributed by atoms with van der Waals surface area (Å²) in [5.41, 5.74) is 1.32. The zero-order chi connectivity index (χ0) is 34.9. The topological polar surface area (TPSA) is 106 Å². The summed E-state index contributed by atoms with van der Waals surface area (Å²) in [6.45, 7) is 6.18. The SMILES string of the molecule is CC(C)(C)OC(=O)CC[C@@]1(C(=O)NCC(c2ccccc2)c2ccccc2)N=C(c2ccc(OCCCO)cc2)O[C@@H]1c1ccccc1Br. The second-order valence-corrected chi connectivity index (χ2v) is 13.8. The van der Waals surface area contributed by atoms with E-state index >= 15 is 0 Å². The Bertz CT molecular complexity index is 1680. The molecule has 2 atom stereocenters. The van der Waals surface area contributed by atoms with Crippen molar-refractivity contribution < 1.29 is 28.9 Å². The number of amides is 1. The van der Waals surface area contributed by atoms with Crippen LogP contribution in [-0.4, -0.2) is 53.8 Å². The van der Waals surface area contributed by atoms with E-state index in [0.717, 1.165) is 21.2 Å². The van der Waals surface area contributed by atoms with Crippen molar-refractivity contribution in [1.82, 2.24) is 5.32 Å². The number of benzene rings is 4. The first-order chi connectivity index (χ1) is 23.6. The van der Waals surface area contributed by atoms with Gasteiger partial charge in [-0.3, -0.25) is 9.59 Å². The number of hydrogen-bond acceptors (Lipinski definition) is 7. The summed E-state index contributed by atoms with van der Waals surface area (Å²) in [6.07, 6.45) is -0.333. The Morgan fingerprint density at radius 1 is 0.918 bits per heavy atom. The predicted octanol–water partition coefficient (Wildman–Crippen LogP) is 7.54. The zero-order valence-corrected chi connectivity index (χ0v) is 29.7. The summed E-state index contributed by atoms with van der Waals surface area (Å²) in [5, 5.41) is 12.3. The summed E-state index contributed by atoms with van der Waals surface area (Å²) in [6, 6.07) is 34.9. The number of halogens is 1. The average Bonchev–Trinajstić information content (AvgIpc) is 3.49. The molecule has 49 heavy (non-hydrogen) atoms. The van der Waals surface area contributed by atoms with Crippen LogP contribution in [0.15, 0.2) is 119 Å². The van der Waals surface area contributed by atoms with Crippen LogP contribution < -0.4 is 10.1 Å². The molecule has 0 spiro atoms. The number of carbonyl (C=O) groups is 2. The molecule has 1 aliphatic heterocycles. The Kier molecular flexibility index (Phi) is 11.9. The van der Waals surface area contributed by atoms with Gasteiger partial charge in [0.2, 0.25) is 5.90 Å². The minimum Gasteiger partial charge on any atom is -0.494 e. The third-order valence-electron chi connectivity index (χ3n) is 8.22. The number of aliphatic hydroxyl groups is 1. The minimum atomic E-state index is -1.51. The first-order valence-corrected chi connectivity index (χ1v) is 17.3. The van der Waals surface area contributed by atoms with Crippen LogP contribution in [0.2, 0.25) is 0 Å². The predicted molar refractivity (Wildman–Crippen MR) is 194 cm³/mol. The number of ether oxygens (including phenoxy) is 3. The van der Waals surface area contributed by atoms with E-state index in [9.17, 15) is 9.59 Å². The molecule has 0 saturated heterocycles. The molecule has 4 aromatic carbocycles. The van der Waals surface area contributed by atoms with Crippen LogP contribution in [0.3, 0.4) is 0 Å². The minimum absolute atomic E-state index is 0.0457. The van der Waals surface area contributed by atoms with Gasteiger partial charge < -0.3 is 24.6 Å². The standard InChI is InChI=1S/C40H43BrN2O6/c1-39(2,3)49-35(45)23-24-40(38(46)42-27-33(28-13-6-4-7-14-28)29-15-8-5-9-16-29)36(32-17-10-11-18-34(32)41)48-37(43-40)30-19-21-31(22-20-30)47-26-12-25-44/h4-11,13-22,33,36,44H,12,23-27H2,1-3H3,(H,42,46)/t36-,40-/m1/s1. The number of carbonyl (C=O) groups excluding carboxylic acids is 2. The van der Waals surface area contributed by atoms with E-state index < -0.39 is 23.2 Å². The summed E-state index contributed by atoms with van der Waals surface area (Å²) < 4.78 is 18.8. The summed E-state index contributed by atoms with van der Waals surface area (Å²) in [5.74, 6) is 0.0163. The molecule has 5 rings (SSSR count). The van der Waals surface area contributed by atoms with Gasteiger partial charge in [0.25, 0.3) is 5.91 Å². The number of hydrogen-bond donors (Lipinski definition) is 2. The molecule has 0 unspecified atom stereocenters. The third-order valence-corrected chi connectivity index (χ3v) is 8.94. The van der Waals surface area contributed by atoms with E-state index in [-0.39, 0.29) is 37.2 Å². The number of aliphatic hydroxyl groups excluding tert-OH is 1. The highest BCUT2D eigenvalue weighted by molar-refractivity contribution is 9.10. The first-order valence-electron chi connectivity index (χ1n) is 16.5. The Morgan fingerprint density at radius 2 is 1.53 bits per heavy atom. The number of rotatable bonds is 14. The Labute approximate surface area is 296 Å². The molecule has 8 nitrogen and oxygen atoms in total. The van der Waals surface area contributed by atoms with Gasteiger partial charge in [-0.2, -0.15) is 0 Å². The molecule has 0 radical (unpaired) electrons. The fourth-order valence-electron chi connectivity index (χ4n) is 5.87. The van der Waals surface area contributed by atoms with Crippen LogP contribution in [0.25, 0.3) is 0 Å². The molecule has 0 bridgehead atoms. The van der Waals surface area contributed by atoms with Crippen molar-refractivity contribution in [2.24, 2.45) is 4.99 Å². The third kappa shape index (κ3) is 9.16. The van der Waals surface area contributed by atoms with Gasteiger partial charge in [0.15, 0.2) is 11.6 Å². The monoisotopic (exact) mass is 726 g/mol. The summed E-state index contributed by atoms with van der Waals surface area (Å²) >= 11 is 3.68. The van der Waals surface area contributed by atoms with Crippen molar-refractivity contribution >= 4 is 33.7 Å². The van der Waals surface area contributed by atoms with Crippen LogP contribution in [0.1, 0.15) is 74.3 Å². The van der Waals surface area contributed by atoms with E-state index in [0.29, 0.717) is 30.9 Å². The van der Waals surface area contributed by atoms with Crippen molar-refractivity contribution in [3.63, 3.8) is 0 Å². The lowest BCUT2D eigenvalue weighted by molar-refractivity contribution is -0.155. The van der Waals surface area contributed by atoms with Gasteiger partial charge in [0.05, 0.1) is 6.61 Å². The van der Waals surface area contributed by atoms with Gasteiger partial charge in [-0.15, -0.1) is 0 Å². The Balaban J connectivity index is 1.54. The van der Waals surface area contributed by atoms with E-state index in [1.54, 1.807) is 12.1 Å².